The van der Waals surface area contributed by atoms with E-state index in [0.717, 1.165) is 32.2 Å². The molecule has 0 aromatic carbocycles. The van der Waals surface area contributed by atoms with Crippen molar-refractivity contribution in [1.82, 2.24) is 10.2 Å². The Morgan fingerprint density at radius 2 is 2.06 bits per heavy atom. The minimum absolute atomic E-state index is 0.0211. The second-order valence-electron chi connectivity index (χ2n) is 5.24. The van der Waals surface area contributed by atoms with E-state index in [2.05, 4.69) is 5.32 Å². The molecule has 0 aromatic heterocycles. The van der Waals surface area contributed by atoms with Crippen LogP contribution >= 0.6 is 0 Å². The van der Waals surface area contributed by atoms with E-state index in [0.29, 0.717) is 6.54 Å². The highest BCUT2D eigenvalue weighted by Gasteiger charge is 2.34. The van der Waals surface area contributed by atoms with Gasteiger partial charge in [0.2, 0.25) is 11.8 Å². The molecule has 3 atom stereocenters. The number of nitrogens with one attached hydrogen (secondary N) is 1. The molecule has 0 bridgehead atoms. The Morgan fingerprint density at radius 1 is 1.29 bits per heavy atom. The number of likely N-dealkylation sites (tertiary alicyclic amines) is 1. The number of nitrogens with zero attached hydrogens (tertiary/aromatic N) is 1. The molecule has 1 saturated heterocycles. The van der Waals surface area contributed by atoms with E-state index in [1.54, 1.807) is 0 Å². The van der Waals surface area contributed by atoms with E-state index in [1.165, 1.54) is 6.92 Å². The molecule has 0 aromatic rings. The Morgan fingerprint density at radius 3 is 2.65 bits per heavy atom. The Bertz CT molecular complexity index is 319. The van der Waals surface area contributed by atoms with Gasteiger partial charge in [0, 0.05) is 38.0 Å². The van der Waals surface area contributed by atoms with Crippen LogP contribution in [0.15, 0.2) is 0 Å². The van der Waals surface area contributed by atoms with Crippen LogP contribution in [-0.4, -0.2) is 41.9 Å². The predicted molar refractivity (Wildman–Crippen MR) is 64.1 cm³/mol. The van der Waals surface area contributed by atoms with E-state index < -0.39 is 0 Å². The van der Waals surface area contributed by atoms with Crippen LogP contribution < -0.4 is 11.1 Å². The number of nitrogens with two attached hydrogens (primary N) is 1. The number of hydrogen-bond acceptors (Lipinski definition) is 3. The average molecular weight is 239 g/mol. The molecule has 0 radical (unpaired) electrons. The minimum atomic E-state index is -0.0211. The van der Waals surface area contributed by atoms with E-state index in [1.807, 2.05) is 4.90 Å². The summed E-state index contributed by atoms with van der Waals surface area (Å²) >= 11 is 0. The van der Waals surface area contributed by atoms with E-state index in [-0.39, 0.29) is 29.8 Å². The van der Waals surface area contributed by atoms with Gasteiger partial charge in [0.05, 0.1) is 0 Å². The Hall–Kier alpha value is -1.10. The van der Waals surface area contributed by atoms with Crippen LogP contribution in [0.2, 0.25) is 0 Å². The number of rotatable bonds is 2. The van der Waals surface area contributed by atoms with Gasteiger partial charge in [-0.2, -0.15) is 0 Å². The van der Waals surface area contributed by atoms with E-state index >= 15 is 0 Å². The third-order valence-corrected chi connectivity index (χ3v) is 3.73. The maximum atomic E-state index is 12.2. The van der Waals surface area contributed by atoms with Gasteiger partial charge in [-0.05, 0) is 25.7 Å². The summed E-state index contributed by atoms with van der Waals surface area (Å²) in [5.41, 5.74) is 5.83. The zero-order chi connectivity index (χ0) is 12.4. The van der Waals surface area contributed by atoms with Gasteiger partial charge in [-0.25, -0.2) is 0 Å². The molecule has 1 heterocycles. The third-order valence-electron chi connectivity index (χ3n) is 3.73. The van der Waals surface area contributed by atoms with Crippen molar-refractivity contribution in [3.05, 3.63) is 0 Å². The summed E-state index contributed by atoms with van der Waals surface area (Å²) in [6.07, 6.45) is 3.56. The zero-order valence-electron chi connectivity index (χ0n) is 10.3. The van der Waals surface area contributed by atoms with Gasteiger partial charge in [0.1, 0.15) is 0 Å². The Balaban J connectivity index is 1.83. The van der Waals surface area contributed by atoms with Gasteiger partial charge in [-0.15, -0.1) is 0 Å². The predicted octanol–water partition coefficient (Wildman–Crippen LogP) is -0.149. The first-order valence-electron chi connectivity index (χ1n) is 6.37. The highest BCUT2D eigenvalue weighted by atomic mass is 16.2. The topological polar surface area (TPSA) is 75.4 Å². The third kappa shape index (κ3) is 2.97. The first kappa shape index (κ1) is 12.4. The molecular weight excluding hydrogens is 218 g/mol. The maximum Gasteiger partial charge on any atom is 0.225 e. The van der Waals surface area contributed by atoms with Crippen molar-refractivity contribution in [2.75, 3.05) is 13.1 Å². The molecule has 3 unspecified atom stereocenters. The number of carbonyl (C=O) groups excluding carboxylic acids is 2. The van der Waals surface area contributed by atoms with Gasteiger partial charge in [0.25, 0.3) is 0 Å². The molecule has 0 spiro atoms. The zero-order valence-corrected chi connectivity index (χ0v) is 10.3. The lowest BCUT2D eigenvalue weighted by atomic mass is 10.1. The second kappa shape index (κ2) is 5.04. The highest BCUT2D eigenvalue weighted by Crippen LogP contribution is 2.27. The van der Waals surface area contributed by atoms with Crippen molar-refractivity contribution in [1.29, 1.82) is 0 Å². The molecule has 2 aliphatic rings. The van der Waals surface area contributed by atoms with Crippen molar-refractivity contribution >= 4 is 11.8 Å². The molecule has 2 rings (SSSR count). The molecule has 1 aliphatic heterocycles. The lowest BCUT2D eigenvalue weighted by Crippen LogP contribution is -2.39. The monoisotopic (exact) mass is 239 g/mol. The van der Waals surface area contributed by atoms with Crippen LogP contribution in [-0.2, 0) is 9.59 Å². The van der Waals surface area contributed by atoms with Crippen molar-refractivity contribution in [2.45, 2.75) is 44.7 Å². The molecule has 3 N–H and O–H groups in total. The van der Waals surface area contributed by atoms with Crippen LogP contribution in [0.25, 0.3) is 0 Å². The summed E-state index contributed by atoms with van der Waals surface area (Å²) in [5, 5.41) is 2.87. The van der Waals surface area contributed by atoms with Crippen molar-refractivity contribution in [3.8, 4) is 0 Å². The molecule has 2 fully saturated rings. The number of carbonyl (C=O) groups is 2. The SMILES string of the molecule is CC(=O)NC1CCN(C(=O)C2CCC(N)C2)C1. The summed E-state index contributed by atoms with van der Waals surface area (Å²) in [4.78, 5) is 25.0. The molecule has 17 heavy (non-hydrogen) atoms. The quantitative estimate of drug-likeness (QED) is 0.703. The standard InChI is InChI=1S/C12H21N3O2/c1-8(16)14-11-4-5-15(7-11)12(17)9-2-3-10(13)6-9/h9-11H,2-7,13H2,1H3,(H,14,16). The fourth-order valence-electron chi connectivity index (χ4n) is 2.86. The summed E-state index contributed by atoms with van der Waals surface area (Å²) in [6, 6.07) is 0.323. The van der Waals surface area contributed by atoms with Crippen molar-refractivity contribution in [2.24, 2.45) is 11.7 Å². The molecule has 1 aliphatic carbocycles. The second-order valence-corrected chi connectivity index (χ2v) is 5.24. The fourth-order valence-corrected chi connectivity index (χ4v) is 2.86. The van der Waals surface area contributed by atoms with Gasteiger partial charge < -0.3 is 16.0 Å². The number of hydrogen-bond donors (Lipinski definition) is 2. The van der Waals surface area contributed by atoms with E-state index in [4.69, 9.17) is 5.73 Å². The highest BCUT2D eigenvalue weighted by molar-refractivity contribution is 5.80. The maximum absolute atomic E-state index is 12.2. The fraction of sp³-hybridized carbons (Fsp3) is 0.833. The van der Waals surface area contributed by atoms with Crippen LogP contribution in [0.4, 0.5) is 0 Å². The molecule has 5 heteroatoms. The van der Waals surface area contributed by atoms with Crippen molar-refractivity contribution in [3.63, 3.8) is 0 Å². The van der Waals surface area contributed by atoms with Crippen LogP contribution in [0.3, 0.4) is 0 Å². The normalized spacial score (nSPS) is 32.8. The Labute approximate surface area is 102 Å². The first-order chi connectivity index (χ1) is 8.06. The summed E-state index contributed by atoms with van der Waals surface area (Å²) < 4.78 is 0. The molecule has 96 valence electrons. The van der Waals surface area contributed by atoms with Gasteiger partial charge in [-0.3, -0.25) is 9.59 Å². The molecular formula is C12H21N3O2. The van der Waals surface area contributed by atoms with Crippen LogP contribution in [0, 0.1) is 5.92 Å². The summed E-state index contributed by atoms with van der Waals surface area (Å²) in [7, 11) is 0. The smallest absolute Gasteiger partial charge is 0.225 e. The summed E-state index contributed by atoms with van der Waals surface area (Å²) in [6.45, 7) is 2.93. The number of amides is 2. The summed E-state index contributed by atoms with van der Waals surface area (Å²) in [5.74, 6) is 0.319. The van der Waals surface area contributed by atoms with Crippen LogP contribution in [0.1, 0.15) is 32.6 Å². The van der Waals surface area contributed by atoms with Gasteiger partial charge in [0.15, 0.2) is 0 Å². The molecule has 2 amide bonds. The van der Waals surface area contributed by atoms with Crippen LogP contribution in [0.5, 0.6) is 0 Å². The van der Waals surface area contributed by atoms with Gasteiger partial charge >= 0.3 is 0 Å². The lowest BCUT2D eigenvalue weighted by Gasteiger charge is -2.20. The lowest BCUT2D eigenvalue weighted by molar-refractivity contribution is -0.134. The first-order valence-corrected chi connectivity index (χ1v) is 6.37. The Kier molecular flexibility index (Phi) is 3.66. The molecule has 1 saturated carbocycles. The minimum Gasteiger partial charge on any atom is -0.352 e. The van der Waals surface area contributed by atoms with E-state index in [9.17, 15) is 9.59 Å². The molecule has 5 nitrogen and oxygen atoms in total. The van der Waals surface area contributed by atoms with Crippen molar-refractivity contribution < 1.29 is 9.59 Å². The average Bonchev–Trinajstić information content (AvgIpc) is 2.85. The van der Waals surface area contributed by atoms with Gasteiger partial charge in [-0.1, -0.05) is 0 Å². The largest absolute Gasteiger partial charge is 0.352 e.